The van der Waals surface area contributed by atoms with Gasteiger partial charge in [0.1, 0.15) is 5.82 Å². The molecule has 29 heavy (non-hydrogen) atoms. The highest BCUT2D eigenvalue weighted by Gasteiger charge is 2.19. The lowest BCUT2D eigenvalue weighted by molar-refractivity contribution is -0.122. The highest BCUT2D eigenvalue weighted by Crippen LogP contribution is 2.22. The number of hydrogen-bond donors (Lipinski definition) is 1. The van der Waals surface area contributed by atoms with Gasteiger partial charge >= 0.3 is 0 Å². The molecule has 0 spiro atoms. The Morgan fingerprint density at radius 2 is 1.69 bits per heavy atom. The minimum Gasteiger partial charge on any atom is -0.349 e. The molecular weight excluding hydrogens is 391 g/mol. The standard InChI is InChI=1S/C22H29FN2O3S/c1-17(2)16-21(18-8-5-4-6-9-18)24-22(26)10-7-15-25(29(3,27)28)20-13-11-19(23)12-14-20/h4-6,8-9,11-14,17,21H,7,10,15-16H2,1-3H3,(H,24,26)/t21-/m1/s1. The molecule has 2 aromatic carbocycles. The minimum atomic E-state index is -3.53. The van der Waals surface area contributed by atoms with Gasteiger partial charge in [-0.3, -0.25) is 9.10 Å². The number of amides is 1. The molecule has 5 nitrogen and oxygen atoms in total. The third-order valence-electron chi connectivity index (χ3n) is 4.52. The summed E-state index contributed by atoms with van der Waals surface area (Å²) in [7, 11) is -3.53. The van der Waals surface area contributed by atoms with Crippen molar-refractivity contribution in [3.63, 3.8) is 0 Å². The molecule has 0 saturated carbocycles. The molecule has 1 amide bonds. The van der Waals surface area contributed by atoms with Crippen molar-refractivity contribution < 1.29 is 17.6 Å². The van der Waals surface area contributed by atoms with Crippen molar-refractivity contribution in [1.82, 2.24) is 5.32 Å². The van der Waals surface area contributed by atoms with Crippen LogP contribution in [0.5, 0.6) is 0 Å². The summed E-state index contributed by atoms with van der Waals surface area (Å²) in [5, 5.41) is 3.07. The Labute approximate surface area is 173 Å². The Morgan fingerprint density at radius 1 is 1.07 bits per heavy atom. The van der Waals surface area contributed by atoms with E-state index in [2.05, 4.69) is 19.2 Å². The second-order valence-electron chi connectivity index (χ2n) is 7.58. The van der Waals surface area contributed by atoms with Crippen molar-refractivity contribution in [3.05, 3.63) is 66.0 Å². The summed E-state index contributed by atoms with van der Waals surface area (Å²) in [5.41, 5.74) is 1.44. The molecular formula is C22H29FN2O3S. The van der Waals surface area contributed by atoms with Crippen molar-refractivity contribution >= 4 is 21.6 Å². The van der Waals surface area contributed by atoms with Crippen LogP contribution in [0.15, 0.2) is 54.6 Å². The summed E-state index contributed by atoms with van der Waals surface area (Å²) in [6.45, 7) is 4.36. The second kappa shape index (κ2) is 10.4. The van der Waals surface area contributed by atoms with Crippen LogP contribution in [0.4, 0.5) is 10.1 Å². The quantitative estimate of drug-likeness (QED) is 0.624. The number of nitrogens with one attached hydrogen (secondary N) is 1. The number of benzene rings is 2. The average molecular weight is 421 g/mol. The number of halogens is 1. The van der Waals surface area contributed by atoms with Crippen LogP contribution in [0.25, 0.3) is 0 Å². The molecule has 2 aromatic rings. The summed E-state index contributed by atoms with van der Waals surface area (Å²) in [4.78, 5) is 12.5. The van der Waals surface area contributed by atoms with E-state index in [9.17, 15) is 17.6 Å². The molecule has 0 unspecified atom stereocenters. The molecule has 0 aliphatic heterocycles. The molecule has 2 rings (SSSR count). The van der Waals surface area contributed by atoms with E-state index in [1.54, 1.807) is 0 Å². The molecule has 1 atom stereocenters. The van der Waals surface area contributed by atoms with E-state index < -0.39 is 15.8 Å². The van der Waals surface area contributed by atoms with Gasteiger partial charge in [0.15, 0.2) is 0 Å². The largest absolute Gasteiger partial charge is 0.349 e. The van der Waals surface area contributed by atoms with Gasteiger partial charge in [0.25, 0.3) is 0 Å². The van der Waals surface area contributed by atoms with Crippen LogP contribution in [0.2, 0.25) is 0 Å². The topological polar surface area (TPSA) is 66.5 Å². The smallest absolute Gasteiger partial charge is 0.232 e. The zero-order chi connectivity index (χ0) is 21.4. The first-order chi connectivity index (χ1) is 13.7. The first-order valence-electron chi connectivity index (χ1n) is 9.74. The van der Waals surface area contributed by atoms with Crippen LogP contribution in [-0.4, -0.2) is 27.1 Å². The molecule has 0 radical (unpaired) electrons. The Bertz CT molecular complexity index is 884. The molecule has 0 aliphatic rings. The predicted octanol–water partition coefficient (Wildman–Crippen LogP) is 4.28. The minimum absolute atomic E-state index is 0.0770. The lowest BCUT2D eigenvalue weighted by Crippen LogP contribution is -2.33. The van der Waals surface area contributed by atoms with E-state index in [1.807, 2.05) is 30.3 Å². The fraction of sp³-hybridized carbons (Fsp3) is 0.409. The van der Waals surface area contributed by atoms with Gasteiger partial charge in [0, 0.05) is 13.0 Å². The van der Waals surface area contributed by atoms with E-state index in [0.29, 0.717) is 18.0 Å². The highest BCUT2D eigenvalue weighted by atomic mass is 32.2. The average Bonchev–Trinajstić information content (AvgIpc) is 2.65. The van der Waals surface area contributed by atoms with E-state index in [-0.39, 0.29) is 24.9 Å². The number of nitrogens with zero attached hydrogens (tertiary/aromatic N) is 1. The van der Waals surface area contributed by atoms with Gasteiger partial charge in [-0.15, -0.1) is 0 Å². The molecule has 0 bridgehead atoms. The van der Waals surface area contributed by atoms with E-state index in [4.69, 9.17) is 0 Å². The third-order valence-corrected chi connectivity index (χ3v) is 5.72. The van der Waals surface area contributed by atoms with Gasteiger partial charge < -0.3 is 5.32 Å². The molecule has 0 aliphatic carbocycles. The van der Waals surface area contributed by atoms with Crippen LogP contribution in [0, 0.1) is 11.7 Å². The molecule has 7 heteroatoms. The maximum absolute atomic E-state index is 13.1. The highest BCUT2D eigenvalue weighted by molar-refractivity contribution is 7.92. The number of carbonyl (C=O) groups is 1. The summed E-state index contributed by atoms with van der Waals surface area (Å²) in [6, 6.07) is 15.0. The van der Waals surface area contributed by atoms with Gasteiger partial charge in [0.05, 0.1) is 18.0 Å². The lowest BCUT2D eigenvalue weighted by Gasteiger charge is -2.23. The van der Waals surface area contributed by atoms with Crippen molar-refractivity contribution in [2.75, 3.05) is 17.1 Å². The SMILES string of the molecule is CC(C)C[C@@H](NC(=O)CCCN(c1ccc(F)cc1)S(C)(=O)=O)c1ccccc1. The summed E-state index contributed by atoms with van der Waals surface area (Å²) >= 11 is 0. The van der Waals surface area contributed by atoms with Crippen LogP contribution >= 0.6 is 0 Å². The maximum Gasteiger partial charge on any atom is 0.232 e. The number of rotatable bonds is 10. The Hall–Kier alpha value is -2.41. The van der Waals surface area contributed by atoms with Crippen molar-refractivity contribution in [3.8, 4) is 0 Å². The van der Waals surface area contributed by atoms with Crippen LogP contribution in [0.1, 0.15) is 44.7 Å². The number of anilines is 1. The zero-order valence-corrected chi connectivity index (χ0v) is 18.0. The summed E-state index contributed by atoms with van der Waals surface area (Å²) < 4.78 is 38.5. The van der Waals surface area contributed by atoms with Gasteiger partial charge in [-0.2, -0.15) is 0 Å². The second-order valence-corrected chi connectivity index (χ2v) is 9.48. The Morgan fingerprint density at radius 3 is 2.24 bits per heavy atom. The van der Waals surface area contributed by atoms with Crippen LogP contribution in [-0.2, 0) is 14.8 Å². The zero-order valence-electron chi connectivity index (χ0n) is 17.1. The molecule has 0 fully saturated rings. The maximum atomic E-state index is 13.1. The first-order valence-corrected chi connectivity index (χ1v) is 11.6. The number of hydrogen-bond acceptors (Lipinski definition) is 3. The van der Waals surface area contributed by atoms with Gasteiger partial charge in [-0.25, -0.2) is 12.8 Å². The Kier molecular flexibility index (Phi) is 8.20. The Balaban J connectivity index is 1.98. The number of sulfonamides is 1. The predicted molar refractivity (Wildman–Crippen MR) is 115 cm³/mol. The van der Waals surface area contributed by atoms with Gasteiger partial charge in [-0.1, -0.05) is 44.2 Å². The first kappa shape index (κ1) is 22.9. The van der Waals surface area contributed by atoms with Gasteiger partial charge in [-0.05, 0) is 48.6 Å². The van der Waals surface area contributed by atoms with E-state index in [1.165, 1.54) is 28.6 Å². The summed E-state index contributed by atoms with van der Waals surface area (Å²) in [6.07, 6.45) is 2.49. The fourth-order valence-corrected chi connectivity index (χ4v) is 4.14. The normalized spacial score (nSPS) is 12.6. The lowest BCUT2D eigenvalue weighted by atomic mass is 9.97. The van der Waals surface area contributed by atoms with E-state index >= 15 is 0 Å². The summed E-state index contributed by atoms with van der Waals surface area (Å²) in [5.74, 6) is -0.134. The molecule has 1 N–H and O–H groups in total. The van der Waals surface area contributed by atoms with Crippen molar-refractivity contribution in [2.24, 2.45) is 5.92 Å². The molecule has 0 heterocycles. The van der Waals surface area contributed by atoms with Crippen LogP contribution in [0.3, 0.4) is 0 Å². The van der Waals surface area contributed by atoms with E-state index in [0.717, 1.165) is 18.2 Å². The van der Waals surface area contributed by atoms with Gasteiger partial charge in [0.2, 0.25) is 15.9 Å². The molecule has 0 aromatic heterocycles. The number of carbonyl (C=O) groups excluding carboxylic acids is 1. The molecule has 158 valence electrons. The molecule has 0 saturated heterocycles. The fourth-order valence-electron chi connectivity index (χ4n) is 3.18. The third kappa shape index (κ3) is 7.49. The van der Waals surface area contributed by atoms with Crippen molar-refractivity contribution in [2.45, 2.75) is 39.2 Å². The monoisotopic (exact) mass is 420 g/mol. The van der Waals surface area contributed by atoms with Crippen LogP contribution < -0.4 is 9.62 Å². The van der Waals surface area contributed by atoms with Crippen molar-refractivity contribution in [1.29, 1.82) is 0 Å².